The van der Waals surface area contributed by atoms with Crippen LogP contribution in [0.1, 0.15) is 19.4 Å². The molecule has 4 heteroatoms. The Morgan fingerprint density at radius 1 is 1.39 bits per heavy atom. The number of halogens is 1. The van der Waals surface area contributed by atoms with Gasteiger partial charge < -0.3 is 15.8 Å². The normalized spacial score (nSPS) is 12.8. The largest absolute Gasteiger partial charge is 0.496 e. The lowest BCUT2D eigenvalue weighted by molar-refractivity contribution is 0.366. The highest BCUT2D eigenvalue weighted by molar-refractivity contribution is 5.33. The minimum atomic E-state index is -0.244. The van der Waals surface area contributed by atoms with E-state index in [4.69, 9.17) is 10.5 Å². The van der Waals surface area contributed by atoms with Gasteiger partial charge in [0.1, 0.15) is 11.6 Å². The van der Waals surface area contributed by atoms with Crippen LogP contribution >= 0.6 is 0 Å². The minimum absolute atomic E-state index is 0.244. The maximum atomic E-state index is 13.2. The first-order chi connectivity index (χ1) is 8.58. The lowest BCUT2D eigenvalue weighted by Gasteiger charge is -2.19. The van der Waals surface area contributed by atoms with E-state index in [0.29, 0.717) is 30.7 Å². The molecule has 0 bridgehead atoms. The second-order valence-corrected chi connectivity index (χ2v) is 4.83. The summed E-state index contributed by atoms with van der Waals surface area (Å²) in [6, 6.07) is 4.55. The number of methoxy groups -OCH3 is 1. The Kier molecular flexibility index (Phi) is 6.09. The molecule has 0 saturated carbocycles. The fourth-order valence-electron chi connectivity index (χ4n) is 1.87. The van der Waals surface area contributed by atoms with Crippen molar-refractivity contribution in [3.8, 4) is 5.75 Å². The Morgan fingerprint density at radius 3 is 2.67 bits per heavy atom. The molecule has 1 aromatic carbocycles. The smallest absolute Gasteiger partial charge is 0.123 e. The van der Waals surface area contributed by atoms with E-state index >= 15 is 0 Å². The molecule has 0 saturated heterocycles. The predicted molar refractivity (Wildman–Crippen MR) is 72.0 cm³/mol. The number of nitrogens with one attached hydrogen (secondary N) is 1. The van der Waals surface area contributed by atoms with Gasteiger partial charge in [-0.2, -0.15) is 0 Å². The van der Waals surface area contributed by atoms with Gasteiger partial charge in [-0.25, -0.2) is 4.39 Å². The van der Waals surface area contributed by atoms with Gasteiger partial charge in [-0.05, 0) is 43.1 Å². The highest BCUT2D eigenvalue weighted by Crippen LogP contribution is 2.19. The summed E-state index contributed by atoms with van der Waals surface area (Å²) in [6.07, 6.45) is 0. The fraction of sp³-hybridized carbons (Fsp3) is 0.571. The van der Waals surface area contributed by atoms with Crippen LogP contribution in [0.2, 0.25) is 0 Å². The van der Waals surface area contributed by atoms with Crippen molar-refractivity contribution in [2.24, 2.45) is 17.6 Å². The average molecular weight is 254 g/mol. The summed E-state index contributed by atoms with van der Waals surface area (Å²) in [5.41, 5.74) is 6.54. The zero-order valence-corrected chi connectivity index (χ0v) is 11.4. The van der Waals surface area contributed by atoms with Crippen molar-refractivity contribution in [3.63, 3.8) is 0 Å². The summed E-state index contributed by atoms with van der Waals surface area (Å²) in [5.74, 6) is 1.44. The lowest BCUT2D eigenvalue weighted by Crippen LogP contribution is -2.31. The molecule has 18 heavy (non-hydrogen) atoms. The van der Waals surface area contributed by atoms with E-state index in [1.165, 1.54) is 12.1 Å². The first-order valence-electron chi connectivity index (χ1n) is 6.31. The molecule has 0 heterocycles. The molecule has 0 aliphatic heterocycles. The molecule has 102 valence electrons. The third-order valence-corrected chi connectivity index (χ3v) is 3.21. The summed E-state index contributed by atoms with van der Waals surface area (Å²) >= 11 is 0. The van der Waals surface area contributed by atoms with E-state index in [-0.39, 0.29) is 5.82 Å². The van der Waals surface area contributed by atoms with Gasteiger partial charge in [0, 0.05) is 12.1 Å². The summed E-state index contributed by atoms with van der Waals surface area (Å²) in [7, 11) is 1.59. The third-order valence-electron chi connectivity index (χ3n) is 3.21. The maximum Gasteiger partial charge on any atom is 0.123 e. The van der Waals surface area contributed by atoms with Crippen LogP contribution in [0.4, 0.5) is 4.39 Å². The van der Waals surface area contributed by atoms with Crippen LogP contribution in [0.5, 0.6) is 5.75 Å². The number of benzene rings is 1. The number of ether oxygens (including phenoxy) is 1. The van der Waals surface area contributed by atoms with Crippen molar-refractivity contribution in [2.45, 2.75) is 20.4 Å². The van der Waals surface area contributed by atoms with Gasteiger partial charge in [-0.3, -0.25) is 0 Å². The Morgan fingerprint density at radius 2 is 2.11 bits per heavy atom. The summed E-state index contributed by atoms with van der Waals surface area (Å²) in [6.45, 7) is 6.38. The van der Waals surface area contributed by atoms with E-state index in [2.05, 4.69) is 19.2 Å². The predicted octanol–water partition coefficient (Wildman–Crippen LogP) is 2.15. The zero-order valence-electron chi connectivity index (χ0n) is 11.4. The molecule has 0 aliphatic carbocycles. The molecular weight excluding hydrogens is 231 g/mol. The van der Waals surface area contributed by atoms with Gasteiger partial charge in [0.25, 0.3) is 0 Å². The van der Waals surface area contributed by atoms with E-state index in [1.807, 2.05) is 0 Å². The van der Waals surface area contributed by atoms with Crippen LogP contribution in [0, 0.1) is 17.7 Å². The second-order valence-electron chi connectivity index (χ2n) is 4.83. The SMILES string of the molecule is COc1ccc(F)cc1CNCC(CN)C(C)C. The van der Waals surface area contributed by atoms with Crippen molar-refractivity contribution in [3.05, 3.63) is 29.6 Å². The summed E-state index contributed by atoms with van der Waals surface area (Å²) < 4.78 is 18.4. The van der Waals surface area contributed by atoms with Crippen molar-refractivity contribution in [2.75, 3.05) is 20.2 Å². The number of hydrogen-bond acceptors (Lipinski definition) is 3. The number of hydrogen-bond donors (Lipinski definition) is 2. The van der Waals surface area contributed by atoms with Crippen molar-refractivity contribution >= 4 is 0 Å². The molecule has 1 atom stereocenters. The van der Waals surface area contributed by atoms with Crippen LogP contribution < -0.4 is 15.8 Å². The quantitative estimate of drug-likeness (QED) is 0.784. The molecule has 3 nitrogen and oxygen atoms in total. The molecule has 3 N–H and O–H groups in total. The van der Waals surface area contributed by atoms with Crippen LogP contribution in [-0.4, -0.2) is 20.2 Å². The van der Waals surface area contributed by atoms with E-state index in [9.17, 15) is 4.39 Å². The van der Waals surface area contributed by atoms with Crippen LogP contribution in [-0.2, 0) is 6.54 Å². The molecule has 1 aromatic rings. The zero-order chi connectivity index (χ0) is 13.5. The minimum Gasteiger partial charge on any atom is -0.496 e. The van der Waals surface area contributed by atoms with Crippen molar-refractivity contribution < 1.29 is 9.13 Å². The molecule has 1 unspecified atom stereocenters. The summed E-state index contributed by atoms with van der Waals surface area (Å²) in [4.78, 5) is 0. The van der Waals surface area contributed by atoms with Crippen LogP contribution in [0.25, 0.3) is 0 Å². The molecule has 0 aliphatic rings. The standard InChI is InChI=1S/C14H23FN2O/c1-10(2)12(7-16)9-17-8-11-6-13(15)4-5-14(11)18-3/h4-6,10,12,17H,7-9,16H2,1-3H3. The Bertz CT molecular complexity index is 369. The van der Waals surface area contributed by atoms with Gasteiger partial charge in [-0.15, -0.1) is 0 Å². The Hall–Kier alpha value is -1.13. The Labute approximate surface area is 109 Å². The van der Waals surface area contributed by atoms with Gasteiger partial charge >= 0.3 is 0 Å². The van der Waals surface area contributed by atoms with Crippen LogP contribution in [0.15, 0.2) is 18.2 Å². The first kappa shape index (κ1) is 14.9. The first-order valence-corrected chi connectivity index (χ1v) is 6.31. The lowest BCUT2D eigenvalue weighted by atomic mass is 9.96. The Balaban J connectivity index is 2.55. The van der Waals surface area contributed by atoms with Gasteiger partial charge in [0.15, 0.2) is 0 Å². The van der Waals surface area contributed by atoms with Crippen LogP contribution in [0.3, 0.4) is 0 Å². The highest BCUT2D eigenvalue weighted by Gasteiger charge is 2.11. The van der Waals surface area contributed by atoms with E-state index in [0.717, 1.165) is 12.1 Å². The topological polar surface area (TPSA) is 47.3 Å². The third kappa shape index (κ3) is 4.27. The maximum absolute atomic E-state index is 13.2. The monoisotopic (exact) mass is 254 g/mol. The van der Waals surface area contributed by atoms with Crippen molar-refractivity contribution in [1.82, 2.24) is 5.32 Å². The van der Waals surface area contributed by atoms with Gasteiger partial charge in [-0.1, -0.05) is 13.8 Å². The molecule has 0 amide bonds. The number of nitrogens with two attached hydrogens (primary N) is 1. The highest BCUT2D eigenvalue weighted by atomic mass is 19.1. The summed E-state index contributed by atoms with van der Waals surface area (Å²) in [5, 5.41) is 3.31. The van der Waals surface area contributed by atoms with E-state index in [1.54, 1.807) is 13.2 Å². The molecule has 0 radical (unpaired) electrons. The molecular formula is C14H23FN2O. The van der Waals surface area contributed by atoms with Gasteiger partial charge in [0.2, 0.25) is 0 Å². The molecule has 0 spiro atoms. The van der Waals surface area contributed by atoms with Gasteiger partial charge in [0.05, 0.1) is 7.11 Å². The molecule has 0 aromatic heterocycles. The van der Waals surface area contributed by atoms with E-state index < -0.39 is 0 Å². The average Bonchev–Trinajstić information content (AvgIpc) is 2.34. The fourth-order valence-corrected chi connectivity index (χ4v) is 1.87. The molecule has 1 rings (SSSR count). The second kappa shape index (κ2) is 7.34. The number of rotatable bonds is 7. The van der Waals surface area contributed by atoms with Crippen molar-refractivity contribution in [1.29, 1.82) is 0 Å². The molecule has 0 fully saturated rings.